The minimum Gasteiger partial charge on any atom is -0.456 e. The lowest BCUT2D eigenvalue weighted by atomic mass is 9.62. The molecule has 194 valence electrons. The van der Waals surface area contributed by atoms with Gasteiger partial charge in [-0.15, -0.1) is 0 Å². The van der Waals surface area contributed by atoms with Crippen molar-refractivity contribution in [1.82, 2.24) is 0 Å². The topological polar surface area (TPSA) is 33.5 Å². The predicted molar refractivity (Wildman–Crippen MR) is 167 cm³/mol. The Morgan fingerprint density at radius 3 is 1.63 bits per heavy atom. The van der Waals surface area contributed by atoms with Crippen LogP contribution in [0.15, 0.2) is 161 Å². The summed E-state index contributed by atoms with van der Waals surface area (Å²) >= 11 is 0. The third-order valence-electron chi connectivity index (χ3n) is 8.33. The highest BCUT2D eigenvalue weighted by molar-refractivity contribution is 5.95. The van der Waals surface area contributed by atoms with Gasteiger partial charge in [-0.25, -0.2) is 0 Å². The molecule has 0 saturated carbocycles. The van der Waals surface area contributed by atoms with Crippen molar-refractivity contribution < 1.29 is 4.42 Å². The molecule has 0 N–H and O–H groups in total. The molecule has 0 unspecified atom stereocenters. The van der Waals surface area contributed by atoms with E-state index in [1.807, 2.05) is 42.5 Å². The number of hydrogen-bond acceptors (Lipinski definition) is 3. The number of hydrogen-bond donors (Lipinski definition) is 0. The molecule has 8 rings (SSSR count). The summed E-state index contributed by atoms with van der Waals surface area (Å²) in [5.74, 6) is 0. The number of rotatable bonds is 3. The van der Waals surface area contributed by atoms with Crippen LogP contribution in [0.1, 0.15) is 22.3 Å². The van der Waals surface area contributed by atoms with Crippen LogP contribution in [0, 0.1) is 0 Å². The maximum Gasteiger partial charge on any atom is 0.200 e. The van der Waals surface area contributed by atoms with Gasteiger partial charge in [0.2, 0.25) is 5.43 Å². The zero-order chi connectivity index (χ0) is 27.4. The second-order valence-electron chi connectivity index (χ2n) is 10.5. The van der Waals surface area contributed by atoms with Crippen molar-refractivity contribution in [2.45, 2.75) is 5.41 Å². The van der Waals surface area contributed by atoms with Crippen molar-refractivity contribution in [2.75, 3.05) is 4.90 Å². The van der Waals surface area contributed by atoms with Crippen molar-refractivity contribution in [3.05, 3.63) is 184 Å². The summed E-state index contributed by atoms with van der Waals surface area (Å²) in [5, 5.41) is 1.16. The number of para-hydroxylation sites is 3. The highest BCUT2D eigenvalue weighted by Gasteiger charge is 2.46. The molecule has 3 nitrogen and oxygen atoms in total. The lowest BCUT2D eigenvalue weighted by molar-refractivity contribution is 0.660. The van der Waals surface area contributed by atoms with Gasteiger partial charge in [0.25, 0.3) is 0 Å². The molecule has 0 spiro atoms. The Morgan fingerprint density at radius 2 is 1.00 bits per heavy atom. The fourth-order valence-electron chi connectivity index (χ4n) is 6.62. The standard InChI is InChI=1S/C38H25NO2/c40-37-29-17-7-12-22-35(29)41-36-24-23-28(25-30(36)37)39-33-20-10-8-18-31(33)38(26-13-3-1-4-14-26,27-15-5-2-6-16-27)32-19-9-11-21-34(32)39/h1-25H. The normalized spacial score (nSPS) is 13.6. The minimum absolute atomic E-state index is 0.0230. The van der Waals surface area contributed by atoms with Gasteiger partial charge in [0.1, 0.15) is 11.2 Å². The summed E-state index contributed by atoms with van der Waals surface area (Å²) in [7, 11) is 0. The summed E-state index contributed by atoms with van der Waals surface area (Å²) in [4.78, 5) is 15.9. The fraction of sp³-hybridized carbons (Fsp3) is 0.0263. The summed E-state index contributed by atoms with van der Waals surface area (Å²) < 4.78 is 6.14. The van der Waals surface area contributed by atoms with E-state index in [1.54, 1.807) is 0 Å². The molecule has 0 amide bonds. The molecular formula is C38H25NO2. The van der Waals surface area contributed by atoms with E-state index in [0.717, 1.165) is 17.1 Å². The molecule has 0 atom stereocenters. The van der Waals surface area contributed by atoms with E-state index in [4.69, 9.17) is 4.42 Å². The average Bonchev–Trinajstić information content (AvgIpc) is 3.04. The van der Waals surface area contributed by atoms with Crippen LogP contribution in [0.2, 0.25) is 0 Å². The Hall–Kier alpha value is -5.41. The van der Waals surface area contributed by atoms with Gasteiger partial charge < -0.3 is 9.32 Å². The number of benzene rings is 6. The average molecular weight is 528 g/mol. The van der Waals surface area contributed by atoms with Gasteiger partial charge in [-0.3, -0.25) is 4.79 Å². The first-order valence-electron chi connectivity index (χ1n) is 13.8. The van der Waals surface area contributed by atoms with Crippen molar-refractivity contribution in [3.8, 4) is 0 Å². The number of anilines is 3. The second kappa shape index (κ2) is 9.07. The summed E-state index contributed by atoms with van der Waals surface area (Å²) in [6.45, 7) is 0. The van der Waals surface area contributed by atoms with Crippen molar-refractivity contribution >= 4 is 39.0 Å². The van der Waals surface area contributed by atoms with Gasteiger partial charge in [-0.2, -0.15) is 0 Å². The monoisotopic (exact) mass is 527 g/mol. The molecule has 0 radical (unpaired) electrons. The number of fused-ring (bicyclic) bond motifs is 4. The van der Waals surface area contributed by atoms with Gasteiger partial charge in [0.15, 0.2) is 0 Å². The van der Waals surface area contributed by atoms with Crippen LogP contribution in [0.5, 0.6) is 0 Å². The first kappa shape index (κ1) is 23.5. The lowest BCUT2D eigenvalue weighted by Crippen LogP contribution is -2.37. The minimum atomic E-state index is -0.529. The first-order valence-corrected chi connectivity index (χ1v) is 13.8. The number of nitrogens with zero attached hydrogens (tertiary/aromatic N) is 1. The van der Waals surface area contributed by atoms with Gasteiger partial charge >= 0.3 is 0 Å². The Kier molecular flexibility index (Phi) is 5.19. The van der Waals surface area contributed by atoms with Gasteiger partial charge in [0, 0.05) is 5.69 Å². The van der Waals surface area contributed by atoms with E-state index in [9.17, 15) is 4.79 Å². The Bertz CT molecular complexity index is 2040. The van der Waals surface area contributed by atoms with Crippen LogP contribution in [0.4, 0.5) is 17.1 Å². The van der Waals surface area contributed by atoms with Crippen LogP contribution in [-0.4, -0.2) is 0 Å². The molecule has 41 heavy (non-hydrogen) atoms. The summed E-state index contributed by atoms with van der Waals surface area (Å²) in [6, 6.07) is 52.1. The van der Waals surface area contributed by atoms with E-state index in [0.29, 0.717) is 21.9 Å². The zero-order valence-corrected chi connectivity index (χ0v) is 22.2. The van der Waals surface area contributed by atoms with Crippen molar-refractivity contribution in [2.24, 2.45) is 0 Å². The molecule has 0 aliphatic carbocycles. The highest BCUT2D eigenvalue weighted by Crippen LogP contribution is 2.57. The smallest absolute Gasteiger partial charge is 0.200 e. The van der Waals surface area contributed by atoms with Gasteiger partial charge in [0.05, 0.1) is 27.6 Å². The zero-order valence-electron chi connectivity index (χ0n) is 22.2. The van der Waals surface area contributed by atoms with Crippen LogP contribution >= 0.6 is 0 Å². The van der Waals surface area contributed by atoms with E-state index in [1.165, 1.54) is 22.3 Å². The summed E-state index contributed by atoms with van der Waals surface area (Å²) in [6.07, 6.45) is 0. The van der Waals surface area contributed by atoms with Crippen LogP contribution in [0.3, 0.4) is 0 Å². The third kappa shape index (κ3) is 3.36. The third-order valence-corrected chi connectivity index (χ3v) is 8.33. The molecule has 7 aromatic rings. The molecule has 1 aliphatic rings. The molecule has 0 fully saturated rings. The maximum atomic E-state index is 13.6. The molecule has 0 bridgehead atoms. The first-order chi connectivity index (χ1) is 20.3. The molecule has 1 aromatic heterocycles. The molecular weight excluding hydrogens is 502 g/mol. The Labute approximate surface area is 237 Å². The van der Waals surface area contributed by atoms with Crippen LogP contribution in [0.25, 0.3) is 21.9 Å². The van der Waals surface area contributed by atoms with E-state index in [2.05, 4.69) is 114 Å². The molecule has 0 saturated heterocycles. The molecule has 3 heteroatoms. The van der Waals surface area contributed by atoms with Gasteiger partial charge in [-0.05, 0) is 64.7 Å². The van der Waals surface area contributed by atoms with E-state index >= 15 is 0 Å². The Balaban J connectivity index is 1.46. The predicted octanol–water partition coefficient (Wildman–Crippen LogP) is 9.11. The fourth-order valence-corrected chi connectivity index (χ4v) is 6.62. The van der Waals surface area contributed by atoms with Gasteiger partial charge in [-0.1, -0.05) is 109 Å². The quantitative estimate of drug-likeness (QED) is 0.215. The molecule has 2 heterocycles. The van der Waals surface area contributed by atoms with E-state index < -0.39 is 5.41 Å². The summed E-state index contributed by atoms with van der Waals surface area (Å²) in [5.41, 5.74) is 8.46. The highest BCUT2D eigenvalue weighted by atomic mass is 16.3. The van der Waals surface area contributed by atoms with Crippen molar-refractivity contribution in [1.29, 1.82) is 0 Å². The SMILES string of the molecule is O=c1c2ccccc2oc2ccc(N3c4ccccc4C(c4ccccc4)(c4ccccc4)c4ccccc43)cc12. The van der Waals surface area contributed by atoms with Crippen LogP contribution in [-0.2, 0) is 5.41 Å². The lowest BCUT2D eigenvalue weighted by Gasteiger charge is -2.46. The largest absolute Gasteiger partial charge is 0.456 e. The molecule has 1 aliphatic heterocycles. The molecule has 6 aromatic carbocycles. The second-order valence-corrected chi connectivity index (χ2v) is 10.5. The van der Waals surface area contributed by atoms with E-state index in [-0.39, 0.29) is 5.43 Å². The Morgan fingerprint density at radius 1 is 0.488 bits per heavy atom. The maximum absolute atomic E-state index is 13.6. The van der Waals surface area contributed by atoms with Crippen molar-refractivity contribution in [3.63, 3.8) is 0 Å². The van der Waals surface area contributed by atoms with Crippen LogP contribution < -0.4 is 10.3 Å².